The van der Waals surface area contributed by atoms with Gasteiger partial charge in [0.15, 0.2) is 12.0 Å². The van der Waals surface area contributed by atoms with Gasteiger partial charge in [0.1, 0.15) is 12.4 Å². The fourth-order valence-electron chi connectivity index (χ4n) is 11.3. The molecule has 4 fully saturated rings. The lowest BCUT2D eigenvalue weighted by atomic mass is 9.44. The molecular formula is C39H50O4Si. The summed E-state index contributed by atoms with van der Waals surface area (Å²) in [7, 11) is -2.61. The van der Waals surface area contributed by atoms with E-state index in [1.54, 1.807) is 0 Å². The molecule has 5 heteroatoms. The Balaban J connectivity index is 1.17. The highest BCUT2D eigenvalue weighted by Gasteiger charge is 2.67. The summed E-state index contributed by atoms with van der Waals surface area (Å²) >= 11 is 0. The number of hydrogen-bond acceptors (Lipinski definition) is 4. The molecule has 234 valence electrons. The molecule has 0 N–H and O–H groups in total. The minimum atomic E-state index is -2.61. The van der Waals surface area contributed by atoms with Gasteiger partial charge in [-0.15, -0.1) is 0 Å². The minimum absolute atomic E-state index is 0.0321. The van der Waals surface area contributed by atoms with Gasteiger partial charge in [0.25, 0.3) is 8.32 Å². The highest BCUT2D eigenvalue weighted by Crippen LogP contribution is 2.68. The molecule has 0 aromatic heterocycles. The maximum Gasteiger partial charge on any atom is 0.261 e. The van der Waals surface area contributed by atoms with Crippen LogP contribution in [0.3, 0.4) is 0 Å². The van der Waals surface area contributed by atoms with E-state index in [-0.39, 0.29) is 22.5 Å². The van der Waals surface area contributed by atoms with E-state index in [0.717, 1.165) is 44.0 Å². The fraction of sp³-hybridized carbons (Fsp3) is 0.590. The first-order valence-electron chi connectivity index (χ1n) is 17.2. The van der Waals surface area contributed by atoms with Crippen LogP contribution in [0.5, 0.6) is 0 Å². The quantitative estimate of drug-likeness (QED) is 0.264. The summed E-state index contributed by atoms with van der Waals surface area (Å²) in [6, 6.07) is 22.1. The van der Waals surface area contributed by atoms with Crippen molar-refractivity contribution in [2.24, 2.45) is 40.4 Å². The Bertz CT molecular complexity index is 1400. The van der Waals surface area contributed by atoms with E-state index < -0.39 is 13.7 Å². The van der Waals surface area contributed by atoms with Gasteiger partial charge in [-0.3, -0.25) is 9.59 Å². The number of Topliss-reactive ketones (excluding diaryl/α,β-unsaturated/α-hetero) is 1. The number of ether oxygens (including phenoxy) is 1. The number of fused-ring (bicyclic) bond motifs is 4. The Kier molecular flexibility index (Phi) is 7.40. The van der Waals surface area contributed by atoms with Crippen LogP contribution in [0.2, 0.25) is 5.04 Å². The van der Waals surface area contributed by atoms with Crippen molar-refractivity contribution in [2.75, 3.05) is 6.61 Å². The molecule has 2 aromatic carbocycles. The summed E-state index contributed by atoms with van der Waals surface area (Å²) in [4.78, 5) is 26.0. The van der Waals surface area contributed by atoms with Gasteiger partial charge in [-0.2, -0.15) is 0 Å². The van der Waals surface area contributed by atoms with E-state index in [0.29, 0.717) is 48.2 Å². The van der Waals surface area contributed by atoms with Crippen LogP contribution in [-0.2, 0) is 18.8 Å². The smallest absolute Gasteiger partial charge is 0.261 e. The van der Waals surface area contributed by atoms with E-state index in [4.69, 9.17) is 9.16 Å². The van der Waals surface area contributed by atoms with Gasteiger partial charge >= 0.3 is 0 Å². The number of carbonyl (C=O) groups is 2. The van der Waals surface area contributed by atoms with Gasteiger partial charge < -0.3 is 9.16 Å². The lowest BCUT2D eigenvalue weighted by Crippen LogP contribution is -2.68. The highest BCUT2D eigenvalue weighted by molar-refractivity contribution is 6.99. The molecule has 0 bridgehead atoms. The standard InChI is InChI=1S/C39H50O4Si/c1-26-32-18-19-33-31-17-16-27-22-28(20-21-38(27,5)34(31)23-36(41)39(32,33)25-42-35(26)24-40)43-44(37(2,3)4,29-12-8-6-9-13-29)30-14-10-7-11-15-30/h6-15,24,27-28,31-34H,16-23,25H2,1-5H3/t27-,28-,31-,32+,33-,34-,38-,39+/m0/s1. The highest BCUT2D eigenvalue weighted by atomic mass is 28.4. The van der Waals surface area contributed by atoms with E-state index in [1.165, 1.54) is 23.2 Å². The molecule has 4 aliphatic carbocycles. The van der Waals surface area contributed by atoms with Crippen molar-refractivity contribution in [3.63, 3.8) is 0 Å². The number of benzene rings is 2. The number of rotatable bonds is 5. The summed E-state index contributed by atoms with van der Waals surface area (Å²) in [5.74, 6) is 3.04. The molecule has 0 radical (unpaired) electrons. The molecule has 1 heterocycles. The van der Waals surface area contributed by atoms with Crippen molar-refractivity contribution in [3.05, 3.63) is 72.0 Å². The number of ketones is 1. The van der Waals surface area contributed by atoms with E-state index in [9.17, 15) is 9.59 Å². The van der Waals surface area contributed by atoms with Gasteiger partial charge in [0.2, 0.25) is 0 Å². The van der Waals surface area contributed by atoms with Crippen molar-refractivity contribution in [1.29, 1.82) is 0 Å². The van der Waals surface area contributed by atoms with Crippen LogP contribution in [0.1, 0.15) is 86.0 Å². The first-order valence-corrected chi connectivity index (χ1v) is 19.1. The van der Waals surface area contributed by atoms with Crippen LogP contribution in [0, 0.1) is 40.4 Å². The van der Waals surface area contributed by atoms with Gasteiger partial charge in [-0.1, -0.05) is 88.4 Å². The molecule has 7 rings (SSSR count). The van der Waals surface area contributed by atoms with Crippen LogP contribution < -0.4 is 10.4 Å². The second-order valence-electron chi connectivity index (χ2n) is 16.1. The average molecular weight is 611 g/mol. The van der Waals surface area contributed by atoms with E-state index in [2.05, 4.69) is 88.4 Å². The summed E-state index contributed by atoms with van der Waals surface area (Å²) in [6.07, 6.45) is 9.55. The number of carbonyl (C=O) groups excluding carboxylic acids is 2. The number of hydrogen-bond donors (Lipinski definition) is 0. The molecular weight excluding hydrogens is 561 g/mol. The van der Waals surface area contributed by atoms with Gasteiger partial charge in [0, 0.05) is 12.5 Å². The summed E-state index contributed by atoms with van der Waals surface area (Å²) in [5.41, 5.74) is 0.768. The molecule has 44 heavy (non-hydrogen) atoms. The van der Waals surface area contributed by atoms with Crippen molar-refractivity contribution in [1.82, 2.24) is 0 Å². The Morgan fingerprint density at radius 1 is 0.909 bits per heavy atom. The van der Waals surface area contributed by atoms with Crippen molar-refractivity contribution in [3.8, 4) is 0 Å². The second-order valence-corrected chi connectivity index (χ2v) is 20.3. The summed E-state index contributed by atoms with van der Waals surface area (Å²) in [5, 5.41) is 2.67. The molecule has 0 unspecified atom stereocenters. The second kappa shape index (κ2) is 10.8. The average Bonchev–Trinajstić information content (AvgIpc) is 3.43. The van der Waals surface area contributed by atoms with Crippen molar-refractivity contribution in [2.45, 2.75) is 97.1 Å². The zero-order chi connectivity index (χ0) is 30.9. The Morgan fingerprint density at radius 2 is 1.57 bits per heavy atom. The molecule has 4 saturated carbocycles. The topological polar surface area (TPSA) is 52.6 Å². The van der Waals surface area contributed by atoms with Crippen molar-refractivity contribution < 1.29 is 18.8 Å². The maximum atomic E-state index is 14.3. The van der Waals surface area contributed by atoms with E-state index >= 15 is 0 Å². The molecule has 5 aliphatic rings. The predicted molar refractivity (Wildman–Crippen MR) is 177 cm³/mol. The van der Waals surface area contributed by atoms with Crippen molar-refractivity contribution >= 4 is 30.8 Å². The van der Waals surface area contributed by atoms with Crippen LogP contribution >= 0.6 is 0 Å². The predicted octanol–water partition coefficient (Wildman–Crippen LogP) is 7.25. The Morgan fingerprint density at radius 3 is 2.18 bits per heavy atom. The first-order chi connectivity index (χ1) is 21.1. The zero-order valence-corrected chi connectivity index (χ0v) is 28.3. The van der Waals surface area contributed by atoms with Gasteiger partial charge in [-0.25, -0.2) is 0 Å². The third-order valence-electron chi connectivity index (χ3n) is 13.4. The van der Waals surface area contributed by atoms with Crippen LogP contribution in [0.25, 0.3) is 0 Å². The third kappa shape index (κ3) is 4.24. The first kappa shape index (κ1) is 30.2. The van der Waals surface area contributed by atoms with Gasteiger partial charge in [-0.05, 0) is 108 Å². The molecule has 0 saturated heterocycles. The Hall–Kier alpha value is -2.50. The largest absolute Gasteiger partial charge is 0.489 e. The summed E-state index contributed by atoms with van der Waals surface area (Å²) in [6.45, 7) is 12.1. The summed E-state index contributed by atoms with van der Waals surface area (Å²) < 4.78 is 13.7. The molecule has 2 aromatic rings. The van der Waals surface area contributed by atoms with Crippen LogP contribution in [0.4, 0.5) is 0 Å². The Labute approximate surface area is 265 Å². The molecule has 8 atom stereocenters. The minimum Gasteiger partial charge on any atom is -0.489 e. The maximum absolute atomic E-state index is 14.3. The lowest BCUT2D eigenvalue weighted by Gasteiger charge is -2.61. The third-order valence-corrected chi connectivity index (χ3v) is 18.5. The van der Waals surface area contributed by atoms with E-state index in [1.807, 2.05) is 6.92 Å². The fourth-order valence-corrected chi connectivity index (χ4v) is 16.1. The monoisotopic (exact) mass is 610 g/mol. The zero-order valence-electron chi connectivity index (χ0n) is 27.3. The molecule has 1 spiro atoms. The molecule has 4 nitrogen and oxygen atoms in total. The number of allylic oxidation sites excluding steroid dienone is 2. The SMILES string of the molecule is CC1=C(C=O)OC[C@]23C(=O)C[C@H]4[C@@H](CC[C@H]5C[C@@H](O[Si](c6ccccc6)(c6ccccc6)C(C)(C)C)CC[C@@]54C)[C@@H]2CC[C@H]13. The lowest BCUT2D eigenvalue weighted by molar-refractivity contribution is -0.168. The molecule has 0 amide bonds. The normalized spacial score (nSPS) is 36.9. The van der Waals surface area contributed by atoms with Crippen LogP contribution in [0.15, 0.2) is 72.0 Å². The van der Waals surface area contributed by atoms with Crippen LogP contribution in [-0.4, -0.2) is 33.1 Å². The van der Waals surface area contributed by atoms with Gasteiger partial charge in [0.05, 0.1) is 5.41 Å². The number of aldehydes is 1. The molecule has 1 aliphatic heterocycles.